The molecule has 0 saturated carbocycles. The van der Waals surface area contributed by atoms with E-state index in [1.165, 1.54) is 12.8 Å². The predicted octanol–water partition coefficient (Wildman–Crippen LogP) is 1.47. The van der Waals surface area contributed by atoms with Crippen LogP contribution in [0.25, 0.3) is 0 Å². The first kappa shape index (κ1) is 7.80. The number of hydrogen-bond acceptors (Lipinski definition) is 3. The highest BCUT2D eigenvalue weighted by molar-refractivity contribution is 4.83. The summed E-state index contributed by atoms with van der Waals surface area (Å²) >= 11 is 0. The lowest BCUT2D eigenvalue weighted by Gasteiger charge is -2.24. The van der Waals surface area contributed by atoms with Crippen LogP contribution in [0.2, 0.25) is 0 Å². The minimum absolute atomic E-state index is 0.830. The SMILES string of the molecule is [CH]1CCN(Cc2ncco2)CC1. The molecular weight excluding hydrogens is 152 g/mol. The Balaban J connectivity index is 1.86. The molecule has 0 atom stereocenters. The van der Waals surface area contributed by atoms with Crippen molar-refractivity contribution < 1.29 is 4.42 Å². The minimum atomic E-state index is 0.830. The van der Waals surface area contributed by atoms with Gasteiger partial charge in [0.25, 0.3) is 0 Å². The standard InChI is InChI=1S/C9H13N2O/c1-2-5-11(6-3-1)8-9-10-4-7-12-9/h1,4,7H,2-3,5-6,8H2. The van der Waals surface area contributed by atoms with E-state index in [1.54, 1.807) is 12.5 Å². The number of piperidine rings is 1. The molecule has 1 aliphatic heterocycles. The zero-order valence-corrected chi connectivity index (χ0v) is 7.07. The lowest BCUT2D eigenvalue weighted by Crippen LogP contribution is -2.29. The Bertz CT molecular complexity index is 214. The topological polar surface area (TPSA) is 29.3 Å². The van der Waals surface area contributed by atoms with Gasteiger partial charge in [0.15, 0.2) is 0 Å². The van der Waals surface area contributed by atoms with Crippen molar-refractivity contribution in [3.05, 3.63) is 24.8 Å². The lowest BCUT2D eigenvalue weighted by atomic mass is 10.1. The molecule has 0 aromatic carbocycles. The zero-order chi connectivity index (χ0) is 8.23. The number of nitrogens with zero attached hydrogens (tertiary/aromatic N) is 2. The van der Waals surface area contributed by atoms with Crippen molar-refractivity contribution in [1.29, 1.82) is 0 Å². The van der Waals surface area contributed by atoms with Gasteiger partial charge in [-0.25, -0.2) is 4.98 Å². The molecule has 0 amide bonds. The van der Waals surface area contributed by atoms with Crippen LogP contribution in [0.1, 0.15) is 18.7 Å². The molecule has 1 radical (unpaired) electrons. The molecule has 1 saturated heterocycles. The van der Waals surface area contributed by atoms with E-state index in [9.17, 15) is 0 Å². The molecule has 0 spiro atoms. The van der Waals surface area contributed by atoms with Gasteiger partial charge in [-0.15, -0.1) is 0 Å². The third-order valence-corrected chi connectivity index (χ3v) is 2.14. The fraction of sp³-hybridized carbons (Fsp3) is 0.556. The molecule has 0 unspecified atom stereocenters. The number of hydrogen-bond donors (Lipinski definition) is 0. The van der Waals surface area contributed by atoms with Gasteiger partial charge in [-0.05, 0) is 32.4 Å². The Hall–Kier alpha value is -0.830. The van der Waals surface area contributed by atoms with E-state index in [4.69, 9.17) is 4.42 Å². The first-order valence-corrected chi connectivity index (χ1v) is 4.37. The van der Waals surface area contributed by atoms with Crippen LogP contribution in [-0.2, 0) is 6.54 Å². The van der Waals surface area contributed by atoms with E-state index in [0.717, 1.165) is 25.5 Å². The van der Waals surface area contributed by atoms with Crippen LogP contribution in [0.15, 0.2) is 16.9 Å². The quantitative estimate of drug-likeness (QED) is 0.664. The van der Waals surface area contributed by atoms with Gasteiger partial charge in [-0.2, -0.15) is 0 Å². The summed E-state index contributed by atoms with van der Waals surface area (Å²) in [6.45, 7) is 3.14. The summed E-state index contributed by atoms with van der Waals surface area (Å²) in [5, 5.41) is 0. The second kappa shape index (κ2) is 3.72. The van der Waals surface area contributed by atoms with E-state index in [0.29, 0.717) is 0 Å². The fourth-order valence-electron chi connectivity index (χ4n) is 1.48. The maximum absolute atomic E-state index is 5.17. The molecule has 2 rings (SSSR count). The van der Waals surface area contributed by atoms with Gasteiger partial charge >= 0.3 is 0 Å². The Morgan fingerprint density at radius 3 is 2.92 bits per heavy atom. The average Bonchev–Trinajstić information content (AvgIpc) is 2.59. The molecule has 0 bridgehead atoms. The normalized spacial score (nSPS) is 19.7. The summed E-state index contributed by atoms with van der Waals surface area (Å²) in [7, 11) is 0. The van der Waals surface area contributed by atoms with E-state index >= 15 is 0 Å². The summed E-state index contributed by atoms with van der Waals surface area (Å²) in [6, 6.07) is 0. The van der Waals surface area contributed by atoms with Gasteiger partial charge in [0.1, 0.15) is 6.26 Å². The molecule has 1 aliphatic rings. The molecule has 2 heterocycles. The van der Waals surface area contributed by atoms with Crippen LogP contribution in [-0.4, -0.2) is 23.0 Å². The van der Waals surface area contributed by atoms with Crippen molar-refractivity contribution >= 4 is 0 Å². The van der Waals surface area contributed by atoms with Gasteiger partial charge in [0.05, 0.1) is 12.7 Å². The zero-order valence-electron chi connectivity index (χ0n) is 7.07. The molecule has 0 N–H and O–H groups in total. The summed E-state index contributed by atoms with van der Waals surface area (Å²) in [6.07, 6.45) is 8.06. The van der Waals surface area contributed by atoms with Crippen LogP contribution < -0.4 is 0 Å². The van der Waals surface area contributed by atoms with Crippen molar-refractivity contribution in [3.63, 3.8) is 0 Å². The van der Waals surface area contributed by atoms with Crippen molar-refractivity contribution in [1.82, 2.24) is 9.88 Å². The van der Waals surface area contributed by atoms with E-state index < -0.39 is 0 Å². The van der Waals surface area contributed by atoms with Crippen molar-refractivity contribution in [2.75, 3.05) is 13.1 Å². The average molecular weight is 165 g/mol. The monoisotopic (exact) mass is 165 g/mol. The molecule has 1 aromatic heterocycles. The Morgan fingerprint density at radius 2 is 2.25 bits per heavy atom. The largest absolute Gasteiger partial charge is 0.448 e. The number of rotatable bonds is 2. The summed E-state index contributed by atoms with van der Waals surface area (Å²) in [5.74, 6) is 0.830. The van der Waals surface area contributed by atoms with E-state index in [-0.39, 0.29) is 0 Å². The van der Waals surface area contributed by atoms with E-state index in [1.807, 2.05) is 0 Å². The number of likely N-dealkylation sites (tertiary alicyclic amines) is 1. The maximum atomic E-state index is 5.17. The molecule has 3 heteroatoms. The first-order valence-electron chi connectivity index (χ1n) is 4.37. The molecule has 1 aromatic rings. The molecule has 0 aliphatic carbocycles. The lowest BCUT2D eigenvalue weighted by molar-refractivity contribution is 0.222. The minimum Gasteiger partial charge on any atom is -0.448 e. The van der Waals surface area contributed by atoms with Gasteiger partial charge in [0, 0.05) is 0 Å². The van der Waals surface area contributed by atoms with Gasteiger partial charge in [-0.1, -0.05) is 0 Å². The Morgan fingerprint density at radius 1 is 1.42 bits per heavy atom. The van der Waals surface area contributed by atoms with Crippen molar-refractivity contribution in [2.24, 2.45) is 0 Å². The highest BCUT2D eigenvalue weighted by Gasteiger charge is 2.11. The van der Waals surface area contributed by atoms with Gasteiger partial charge in [-0.3, -0.25) is 4.90 Å². The van der Waals surface area contributed by atoms with Crippen LogP contribution in [0, 0.1) is 6.42 Å². The highest BCUT2D eigenvalue weighted by Crippen LogP contribution is 2.10. The van der Waals surface area contributed by atoms with Crippen LogP contribution in [0.4, 0.5) is 0 Å². The summed E-state index contributed by atoms with van der Waals surface area (Å²) in [5.41, 5.74) is 0. The maximum Gasteiger partial charge on any atom is 0.208 e. The summed E-state index contributed by atoms with van der Waals surface area (Å²) < 4.78 is 5.17. The third kappa shape index (κ3) is 1.85. The third-order valence-electron chi connectivity index (χ3n) is 2.14. The number of aromatic nitrogens is 1. The number of oxazole rings is 1. The molecule has 1 fully saturated rings. The van der Waals surface area contributed by atoms with Crippen molar-refractivity contribution in [2.45, 2.75) is 19.4 Å². The predicted molar refractivity (Wildman–Crippen MR) is 45.3 cm³/mol. The fourth-order valence-corrected chi connectivity index (χ4v) is 1.48. The second-order valence-corrected chi connectivity index (χ2v) is 3.07. The Labute approximate surface area is 72.4 Å². The summed E-state index contributed by atoms with van der Waals surface area (Å²) in [4.78, 5) is 6.46. The first-order chi connectivity index (χ1) is 5.95. The molecule has 65 valence electrons. The van der Waals surface area contributed by atoms with Crippen LogP contribution in [0.3, 0.4) is 0 Å². The molecule has 12 heavy (non-hydrogen) atoms. The van der Waals surface area contributed by atoms with Crippen LogP contribution in [0.5, 0.6) is 0 Å². The van der Waals surface area contributed by atoms with E-state index in [2.05, 4.69) is 16.3 Å². The Kier molecular flexibility index (Phi) is 2.42. The highest BCUT2D eigenvalue weighted by atomic mass is 16.3. The molecular formula is C9H13N2O. The van der Waals surface area contributed by atoms with Gasteiger partial charge in [0.2, 0.25) is 5.89 Å². The second-order valence-electron chi connectivity index (χ2n) is 3.07. The van der Waals surface area contributed by atoms with Crippen LogP contribution >= 0.6 is 0 Å². The smallest absolute Gasteiger partial charge is 0.208 e. The van der Waals surface area contributed by atoms with Gasteiger partial charge < -0.3 is 4.42 Å². The van der Waals surface area contributed by atoms with Crippen molar-refractivity contribution in [3.8, 4) is 0 Å². The molecule has 3 nitrogen and oxygen atoms in total.